The van der Waals surface area contributed by atoms with Gasteiger partial charge in [0.15, 0.2) is 5.69 Å². The number of carbonyl (C=O) groups excluding carboxylic acids is 1. The average Bonchev–Trinajstić information content (AvgIpc) is 2.47. The largest absolute Gasteiger partial charge is 0.461 e. The van der Waals surface area contributed by atoms with E-state index >= 15 is 0 Å². The van der Waals surface area contributed by atoms with Gasteiger partial charge in [-0.3, -0.25) is 4.98 Å². The first-order chi connectivity index (χ1) is 9.26. The van der Waals surface area contributed by atoms with Gasteiger partial charge in [0.1, 0.15) is 0 Å². The second kappa shape index (κ2) is 6.43. The van der Waals surface area contributed by atoms with Crippen molar-refractivity contribution in [3.63, 3.8) is 0 Å². The molecule has 0 aliphatic heterocycles. The molecular formula is C14H13BrN2O2. The van der Waals surface area contributed by atoms with Crippen LogP contribution in [0.3, 0.4) is 0 Å². The summed E-state index contributed by atoms with van der Waals surface area (Å²) in [5.41, 5.74) is 2.53. The highest BCUT2D eigenvalue weighted by molar-refractivity contribution is 9.08. The smallest absolute Gasteiger partial charge is 0.357 e. The zero-order valence-electron chi connectivity index (χ0n) is 10.5. The Morgan fingerprint density at radius 3 is 2.74 bits per heavy atom. The van der Waals surface area contributed by atoms with Gasteiger partial charge >= 0.3 is 5.97 Å². The van der Waals surface area contributed by atoms with E-state index < -0.39 is 5.97 Å². The summed E-state index contributed by atoms with van der Waals surface area (Å²) in [5, 5.41) is 0.552. The summed E-state index contributed by atoms with van der Waals surface area (Å²) in [6.45, 7) is 2.10. The van der Waals surface area contributed by atoms with Crippen molar-refractivity contribution in [2.75, 3.05) is 6.61 Å². The molecule has 98 valence electrons. The second-order valence-corrected chi connectivity index (χ2v) is 4.33. The fraction of sp³-hybridized carbons (Fsp3) is 0.214. The first kappa shape index (κ1) is 13.7. The van der Waals surface area contributed by atoms with Crippen molar-refractivity contribution >= 4 is 21.9 Å². The first-order valence-corrected chi connectivity index (χ1v) is 7.02. The van der Waals surface area contributed by atoms with E-state index in [4.69, 9.17) is 4.74 Å². The van der Waals surface area contributed by atoms with Gasteiger partial charge in [-0.15, -0.1) is 0 Å². The van der Waals surface area contributed by atoms with E-state index in [-0.39, 0.29) is 0 Å². The van der Waals surface area contributed by atoms with Crippen molar-refractivity contribution in [2.24, 2.45) is 0 Å². The molecule has 0 atom stereocenters. The molecule has 0 spiro atoms. The minimum atomic E-state index is -0.408. The number of aromatic nitrogens is 2. The highest BCUT2D eigenvalue weighted by atomic mass is 79.9. The molecule has 2 rings (SSSR count). The maximum Gasteiger partial charge on any atom is 0.357 e. The van der Waals surface area contributed by atoms with Gasteiger partial charge in [-0.1, -0.05) is 28.1 Å². The van der Waals surface area contributed by atoms with Crippen LogP contribution in [0.15, 0.2) is 36.5 Å². The number of hydrogen-bond acceptors (Lipinski definition) is 4. The van der Waals surface area contributed by atoms with E-state index in [9.17, 15) is 4.79 Å². The van der Waals surface area contributed by atoms with Crippen molar-refractivity contribution in [2.45, 2.75) is 12.3 Å². The Labute approximate surface area is 120 Å². The Kier molecular flexibility index (Phi) is 4.63. The predicted octanol–water partition coefficient (Wildman–Crippen LogP) is 3.22. The predicted molar refractivity (Wildman–Crippen MR) is 76.1 cm³/mol. The second-order valence-electron chi connectivity index (χ2n) is 3.77. The van der Waals surface area contributed by atoms with Crippen LogP contribution in [-0.4, -0.2) is 22.5 Å². The number of esters is 1. The summed E-state index contributed by atoms with van der Waals surface area (Å²) in [5.74, 6) is -0.408. The molecule has 0 N–H and O–H groups in total. The van der Waals surface area contributed by atoms with Crippen molar-refractivity contribution < 1.29 is 9.53 Å². The Morgan fingerprint density at radius 1 is 1.26 bits per heavy atom. The lowest BCUT2D eigenvalue weighted by molar-refractivity contribution is 0.0518. The molecule has 0 aliphatic rings. The van der Waals surface area contributed by atoms with Crippen molar-refractivity contribution in [1.82, 2.24) is 9.97 Å². The maximum atomic E-state index is 11.9. The number of hydrogen-bond donors (Lipinski definition) is 0. The van der Waals surface area contributed by atoms with Gasteiger partial charge in [0.2, 0.25) is 0 Å². The number of alkyl halides is 1. The minimum Gasteiger partial charge on any atom is -0.461 e. The fourth-order valence-corrected chi connectivity index (χ4v) is 2.08. The van der Waals surface area contributed by atoms with Gasteiger partial charge in [0.25, 0.3) is 0 Å². The molecule has 0 saturated carbocycles. The van der Waals surface area contributed by atoms with Gasteiger partial charge in [-0.25, -0.2) is 9.78 Å². The summed E-state index contributed by atoms with van der Waals surface area (Å²) in [4.78, 5) is 20.5. The molecule has 2 aromatic rings. The fourth-order valence-electron chi connectivity index (χ4n) is 1.63. The van der Waals surface area contributed by atoms with Gasteiger partial charge in [0.05, 0.1) is 18.0 Å². The van der Waals surface area contributed by atoms with Crippen LogP contribution >= 0.6 is 15.9 Å². The summed E-state index contributed by atoms with van der Waals surface area (Å²) >= 11 is 3.35. The van der Waals surface area contributed by atoms with Crippen LogP contribution in [0.4, 0.5) is 0 Å². The molecule has 5 heteroatoms. The Bertz CT molecular complexity index is 573. The van der Waals surface area contributed by atoms with Crippen molar-refractivity contribution in [1.29, 1.82) is 0 Å². The zero-order chi connectivity index (χ0) is 13.7. The summed E-state index contributed by atoms with van der Waals surface area (Å²) < 4.78 is 5.02. The van der Waals surface area contributed by atoms with Crippen LogP contribution in [-0.2, 0) is 10.1 Å². The van der Waals surface area contributed by atoms with Crippen LogP contribution in [0, 0.1) is 0 Å². The van der Waals surface area contributed by atoms with Crippen LogP contribution in [0.2, 0.25) is 0 Å². The lowest BCUT2D eigenvalue weighted by atomic mass is 10.1. The lowest BCUT2D eigenvalue weighted by Crippen LogP contribution is -2.10. The molecule has 0 bridgehead atoms. The Morgan fingerprint density at radius 2 is 2.11 bits per heavy atom. The number of ether oxygens (including phenoxy) is 1. The summed E-state index contributed by atoms with van der Waals surface area (Å²) in [6, 6.07) is 9.28. The number of nitrogens with zero attached hydrogens (tertiary/aromatic N) is 2. The number of pyridine rings is 2. The van der Waals surface area contributed by atoms with E-state index in [1.807, 2.05) is 30.3 Å². The van der Waals surface area contributed by atoms with Gasteiger partial charge < -0.3 is 4.74 Å². The Hall–Kier alpha value is -1.75. The number of halogens is 1. The van der Waals surface area contributed by atoms with Crippen molar-refractivity contribution in [3.8, 4) is 11.4 Å². The average molecular weight is 321 g/mol. The van der Waals surface area contributed by atoms with Gasteiger partial charge in [-0.2, -0.15) is 0 Å². The standard InChI is InChI=1S/C14H13BrN2O2/c1-2-19-14(18)13-10(9-15)6-7-12(17-13)11-5-3-4-8-16-11/h3-8H,2,9H2,1H3. The minimum absolute atomic E-state index is 0.329. The third kappa shape index (κ3) is 3.17. The molecule has 0 aliphatic carbocycles. The van der Waals surface area contributed by atoms with E-state index in [0.717, 1.165) is 11.3 Å². The summed E-state index contributed by atoms with van der Waals surface area (Å²) in [6.07, 6.45) is 1.69. The van der Waals surface area contributed by atoms with Crippen LogP contribution in [0.1, 0.15) is 23.0 Å². The maximum absolute atomic E-state index is 11.9. The monoisotopic (exact) mass is 320 g/mol. The highest BCUT2D eigenvalue weighted by Gasteiger charge is 2.15. The molecule has 2 heterocycles. The molecule has 0 saturated heterocycles. The molecule has 19 heavy (non-hydrogen) atoms. The zero-order valence-corrected chi connectivity index (χ0v) is 12.1. The number of rotatable bonds is 4. The van der Waals surface area contributed by atoms with Crippen LogP contribution < -0.4 is 0 Å². The molecule has 0 aromatic carbocycles. The molecular weight excluding hydrogens is 308 g/mol. The lowest BCUT2D eigenvalue weighted by Gasteiger charge is -2.08. The third-order valence-corrected chi connectivity index (χ3v) is 3.12. The van der Waals surface area contributed by atoms with E-state index in [1.54, 1.807) is 13.1 Å². The van der Waals surface area contributed by atoms with Crippen LogP contribution in [0.5, 0.6) is 0 Å². The SMILES string of the molecule is CCOC(=O)c1nc(-c2ccccn2)ccc1CBr. The van der Waals surface area contributed by atoms with Gasteiger partial charge in [0, 0.05) is 11.5 Å². The molecule has 0 radical (unpaired) electrons. The molecule has 0 fully saturated rings. The number of carbonyl (C=O) groups is 1. The first-order valence-electron chi connectivity index (χ1n) is 5.90. The van der Waals surface area contributed by atoms with E-state index in [1.165, 1.54) is 0 Å². The van der Waals surface area contributed by atoms with Gasteiger partial charge in [-0.05, 0) is 30.7 Å². The highest BCUT2D eigenvalue weighted by Crippen LogP contribution is 2.19. The van der Waals surface area contributed by atoms with E-state index in [2.05, 4.69) is 25.9 Å². The topological polar surface area (TPSA) is 52.1 Å². The van der Waals surface area contributed by atoms with Crippen molar-refractivity contribution in [3.05, 3.63) is 47.8 Å². The molecule has 0 unspecified atom stereocenters. The van der Waals surface area contributed by atoms with Crippen LogP contribution in [0.25, 0.3) is 11.4 Å². The Balaban J connectivity index is 2.44. The van der Waals surface area contributed by atoms with E-state index in [0.29, 0.717) is 23.3 Å². The molecule has 4 nitrogen and oxygen atoms in total. The molecule has 2 aromatic heterocycles. The molecule has 0 amide bonds. The summed E-state index contributed by atoms with van der Waals surface area (Å²) in [7, 11) is 0. The third-order valence-electron chi connectivity index (χ3n) is 2.52. The quantitative estimate of drug-likeness (QED) is 0.641. The normalized spacial score (nSPS) is 10.2.